The van der Waals surface area contributed by atoms with Gasteiger partial charge in [-0.05, 0) is 43.1 Å². The van der Waals surface area contributed by atoms with Gasteiger partial charge in [0.1, 0.15) is 12.0 Å². The van der Waals surface area contributed by atoms with Crippen molar-refractivity contribution in [1.29, 1.82) is 0 Å². The number of amides is 1. The van der Waals surface area contributed by atoms with Crippen LogP contribution in [0.15, 0.2) is 41.0 Å². The van der Waals surface area contributed by atoms with Gasteiger partial charge in [-0.2, -0.15) is 0 Å². The summed E-state index contributed by atoms with van der Waals surface area (Å²) in [5, 5.41) is 3.15. The second kappa shape index (κ2) is 6.20. The Bertz CT molecular complexity index is 725. The third kappa shape index (κ3) is 2.97. The number of carbonyl (C=O) groups is 1. The quantitative estimate of drug-likeness (QED) is 0.914. The van der Waals surface area contributed by atoms with Crippen LogP contribution in [0, 0.1) is 5.92 Å². The van der Waals surface area contributed by atoms with Crippen molar-refractivity contribution in [3.8, 4) is 17.4 Å². The highest BCUT2D eigenvalue weighted by atomic mass is 16.6. The molecule has 1 amide bonds. The summed E-state index contributed by atoms with van der Waals surface area (Å²) in [4.78, 5) is 14.8. The SMILES string of the molecule is COc1coc(Oc2ccc(C(=O)NC3CN4CCC3C4)cc2)c1. The van der Waals surface area contributed by atoms with Crippen LogP contribution >= 0.6 is 0 Å². The summed E-state index contributed by atoms with van der Waals surface area (Å²) in [7, 11) is 1.56. The smallest absolute Gasteiger partial charge is 0.293 e. The molecule has 2 aliphatic heterocycles. The van der Waals surface area contributed by atoms with Crippen molar-refractivity contribution in [2.24, 2.45) is 5.92 Å². The molecular weight excluding hydrogens is 308 g/mol. The Kier molecular flexibility index (Phi) is 3.90. The van der Waals surface area contributed by atoms with Crippen molar-refractivity contribution < 1.29 is 18.7 Å². The van der Waals surface area contributed by atoms with E-state index in [2.05, 4.69) is 10.2 Å². The van der Waals surface area contributed by atoms with Crippen LogP contribution in [0.3, 0.4) is 0 Å². The van der Waals surface area contributed by atoms with Gasteiger partial charge in [-0.1, -0.05) is 0 Å². The van der Waals surface area contributed by atoms with Gasteiger partial charge >= 0.3 is 0 Å². The van der Waals surface area contributed by atoms with E-state index in [-0.39, 0.29) is 11.9 Å². The molecule has 1 aromatic heterocycles. The molecule has 0 spiro atoms. The van der Waals surface area contributed by atoms with Crippen LogP contribution < -0.4 is 14.8 Å². The summed E-state index contributed by atoms with van der Waals surface area (Å²) in [6.45, 7) is 3.25. The topological polar surface area (TPSA) is 63.9 Å². The van der Waals surface area contributed by atoms with Gasteiger partial charge in [0.05, 0.1) is 13.2 Å². The number of piperidine rings is 1. The third-order valence-corrected chi connectivity index (χ3v) is 4.77. The fraction of sp³-hybridized carbons (Fsp3) is 0.389. The van der Waals surface area contributed by atoms with E-state index in [1.807, 2.05) is 0 Å². The molecule has 0 radical (unpaired) electrons. The zero-order valence-electron chi connectivity index (χ0n) is 13.5. The molecule has 24 heavy (non-hydrogen) atoms. The number of hydrogen-bond donors (Lipinski definition) is 1. The number of nitrogens with zero attached hydrogens (tertiary/aromatic N) is 1. The average Bonchev–Trinajstić information content (AvgIpc) is 3.32. The molecule has 2 fully saturated rings. The molecule has 0 saturated carbocycles. The molecule has 1 aromatic carbocycles. The average molecular weight is 328 g/mol. The van der Waals surface area contributed by atoms with Gasteiger partial charge in [0.2, 0.25) is 0 Å². The summed E-state index contributed by atoms with van der Waals surface area (Å²) in [6.07, 6.45) is 2.66. The van der Waals surface area contributed by atoms with Crippen LogP contribution in [0.25, 0.3) is 0 Å². The number of rotatable bonds is 5. The van der Waals surface area contributed by atoms with Crippen molar-refractivity contribution in [2.45, 2.75) is 12.5 Å². The van der Waals surface area contributed by atoms with Crippen LogP contribution in [-0.2, 0) is 0 Å². The number of fused-ring (bicyclic) bond motifs is 2. The minimum absolute atomic E-state index is 0.0278. The van der Waals surface area contributed by atoms with E-state index in [4.69, 9.17) is 13.9 Å². The van der Waals surface area contributed by atoms with Crippen LogP contribution in [0.1, 0.15) is 16.8 Å². The summed E-state index contributed by atoms with van der Waals surface area (Å²) in [6, 6.07) is 8.97. The lowest BCUT2D eigenvalue weighted by Gasteiger charge is -2.23. The van der Waals surface area contributed by atoms with E-state index >= 15 is 0 Å². The van der Waals surface area contributed by atoms with Crippen LogP contribution in [0.2, 0.25) is 0 Å². The van der Waals surface area contributed by atoms with Crippen LogP contribution in [-0.4, -0.2) is 43.6 Å². The number of ether oxygens (including phenoxy) is 2. The Balaban J connectivity index is 1.37. The Labute approximate surface area is 140 Å². The monoisotopic (exact) mass is 328 g/mol. The van der Waals surface area contributed by atoms with Gasteiger partial charge in [-0.3, -0.25) is 4.79 Å². The first-order valence-electron chi connectivity index (χ1n) is 8.15. The van der Waals surface area contributed by atoms with Gasteiger partial charge in [-0.15, -0.1) is 0 Å². The third-order valence-electron chi connectivity index (χ3n) is 4.77. The zero-order chi connectivity index (χ0) is 16.5. The van der Waals surface area contributed by atoms with E-state index in [1.54, 1.807) is 37.4 Å². The molecule has 3 atom stereocenters. The molecule has 0 aliphatic carbocycles. The highest BCUT2D eigenvalue weighted by Crippen LogP contribution is 2.29. The largest absolute Gasteiger partial charge is 0.493 e. The Morgan fingerprint density at radius 3 is 2.71 bits per heavy atom. The number of carbonyl (C=O) groups excluding carboxylic acids is 1. The number of furan rings is 1. The predicted molar refractivity (Wildman–Crippen MR) is 87.6 cm³/mol. The number of hydrogen-bond acceptors (Lipinski definition) is 5. The molecule has 2 aromatic rings. The summed E-state index contributed by atoms with van der Waals surface area (Å²) in [5.74, 6) is 2.13. The molecule has 3 unspecified atom stereocenters. The first-order chi connectivity index (χ1) is 11.7. The van der Waals surface area contributed by atoms with Crippen molar-refractivity contribution in [2.75, 3.05) is 26.7 Å². The molecule has 2 aliphatic rings. The van der Waals surface area contributed by atoms with Gasteiger partial charge in [0.25, 0.3) is 11.9 Å². The number of benzene rings is 1. The van der Waals surface area contributed by atoms with E-state index < -0.39 is 0 Å². The van der Waals surface area contributed by atoms with Crippen molar-refractivity contribution in [3.05, 3.63) is 42.2 Å². The van der Waals surface area contributed by atoms with Gasteiger partial charge in [0, 0.05) is 24.7 Å². The van der Waals surface area contributed by atoms with Gasteiger partial charge in [-0.25, -0.2) is 0 Å². The molecule has 1 N–H and O–H groups in total. The Hall–Kier alpha value is -2.47. The van der Waals surface area contributed by atoms with Crippen LogP contribution in [0.5, 0.6) is 17.4 Å². The summed E-state index contributed by atoms with van der Waals surface area (Å²) in [5.41, 5.74) is 0.636. The van der Waals surface area contributed by atoms with Crippen molar-refractivity contribution >= 4 is 5.91 Å². The zero-order valence-corrected chi connectivity index (χ0v) is 13.5. The standard InChI is InChI=1S/C18H20N2O4/c1-22-15-8-17(23-11-15)24-14-4-2-12(3-5-14)18(21)19-16-10-20-7-6-13(16)9-20/h2-5,8,11,13,16H,6-7,9-10H2,1H3,(H,19,21). The van der Waals surface area contributed by atoms with E-state index in [1.165, 1.54) is 19.2 Å². The second-order valence-corrected chi connectivity index (χ2v) is 6.32. The van der Waals surface area contributed by atoms with Crippen molar-refractivity contribution in [3.63, 3.8) is 0 Å². The highest BCUT2D eigenvalue weighted by Gasteiger charge is 2.38. The van der Waals surface area contributed by atoms with E-state index in [9.17, 15) is 4.79 Å². The number of methoxy groups -OCH3 is 1. The molecule has 3 heterocycles. The lowest BCUT2D eigenvalue weighted by Crippen LogP contribution is -2.43. The Morgan fingerprint density at radius 2 is 2.08 bits per heavy atom. The van der Waals surface area contributed by atoms with Gasteiger partial charge in [0.15, 0.2) is 5.75 Å². The lowest BCUT2D eigenvalue weighted by molar-refractivity contribution is 0.0924. The predicted octanol–water partition coefficient (Wildman–Crippen LogP) is 2.51. The first kappa shape index (κ1) is 15.1. The fourth-order valence-corrected chi connectivity index (χ4v) is 3.45. The molecular formula is C18H20N2O4. The molecule has 6 nitrogen and oxygen atoms in total. The van der Waals surface area contributed by atoms with E-state index in [0.29, 0.717) is 28.9 Å². The second-order valence-electron chi connectivity index (χ2n) is 6.32. The molecule has 126 valence electrons. The minimum Gasteiger partial charge on any atom is -0.493 e. The molecule has 6 heteroatoms. The molecule has 2 bridgehead atoms. The maximum Gasteiger partial charge on any atom is 0.293 e. The maximum absolute atomic E-state index is 12.4. The minimum atomic E-state index is -0.0278. The lowest BCUT2D eigenvalue weighted by atomic mass is 9.99. The van der Waals surface area contributed by atoms with Crippen molar-refractivity contribution in [1.82, 2.24) is 10.2 Å². The fourth-order valence-electron chi connectivity index (χ4n) is 3.45. The summed E-state index contributed by atoms with van der Waals surface area (Å²) >= 11 is 0. The first-order valence-corrected chi connectivity index (χ1v) is 8.15. The molecule has 2 saturated heterocycles. The maximum atomic E-state index is 12.4. The number of nitrogens with one attached hydrogen (secondary N) is 1. The van der Waals surface area contributed by atoms with E-state index in [0.717, 1.165) is 13.1 Å². The molecule has 4 rings (SSSR count). The van der Waals surface area contributed by atoms with Crippen LogP contribution in [0.4, 0.5) is 0 Å². The van der Waals surface area contributed by atoms with Gasteiger partial charge < -0.3 is 24.1 Å². The Morgan fingerprint density at radius 1 is 1.25 bits per heavy atom. The normalized spacial score (nSPS) is 24.8. The highest BCUT2D eigenvalue weighted by molar-refractivity contribution is 5.94. The summed E-state index contributed by atoms with van der Waals surface area (Å²) < 4.78 is 15.8.